The molecule has 0 aliphatic rings. The predicted molar refractivity (Wildman–Crippen MR) is 81.0 cm³/mol. The Kier molecular flexibility index (Phi) is 6.20. The highest BCUT2D eigenvalue weighted by Gasteiger charge is 2.39. The van der Waals surface area contributed by atoms with Gasteiger partial charge in [0.25, 0.3) is 0 Å². The zero-order chi connectivity index (χ0) is 23.8. The molecule has 15 heteroatoms. The SMILES string of the molecule is FC(F)(F)c1ccc(N=NNc2ccc(C(F)(F)F)cc2C(F)(F)F)c(C(F)(F)F)c1. The maximum Gasteiger partial charge on any atom is 0.418 e. The van der Waals surface area contributed by atoms with Crippen molar-refractivity contribution in [1.29, 1.82) is 0 Å². The minimum atomic E-state index is -5.32. The molecule has 0 saturated heterocycles. The highest BCUT2D eigenvalue weighted by molar-refractivity contribution is 5.54. The molecule has 2 aromatic rings. The maximum absolute atomic E-state index is 13.0. The fourth-order valence-corrected chi connectivity index (χ4v) is 2.21. The average molecular weight is 469 g/mol. The first-order valence-electron chi connectivity index (χ1n) is 7.64. The molecule has 2 aromatic carbocycles. The number of alkyl halides is 12. The minimum absolute atomic E-state index is 0.239. The van der Waals surface area contributed by atoms with Crippen LogP contribution < -0.4 is 5.43 Å². The van der Waals surface area contributed by atoms with Crippen molar-refractivity contribution in [2.45, 2.75) is 24.7 Å². The number of nitrogens with zero attached hydrogens (tertiary/aromatic N) is 2. The molecule has 0 fully saturated rings. The van der Waals surface area contributed by atoms with E-state index in [0.29, 0.717) is 6.07 Å². The number of benzene rings is 2. The molecule has 31 heavy (non-hydrogen) atoms. The van der Waals surface area contributed by atoms with Crippen LogP contribution in [-0.4, -0.2) is 0 Å². The van der Waals surface area contributed by atoms with E-state index in [1.165, 1.54) is 0 Å². The summed E-state index contributed by atoms with van der Waals surface area (Å²) in [6, 6.07) is 0.580. The van der Waals surface area contributed by atoms with Crippen molar-refractivity contribution in [2.24, 2.45) is 10.3 Å². The van der Waals surface area contributed by atoms with E-state index in [0.717, 1.165) is 0 Å². The van der Waals surface area contributed by atoms with E-state index in [1.54, 1.807) is 5.43 Å². The number of nitrogens with one attached hydrogen (secondary N) is 1. The van der Waals surface area contributed by atoms with Crippen molar-refractivity contribution in [3.8, 4) is 0 Å². The van der Waals surface area contributed by atoms with Gasteiger partial charge in [-0.05, 0) is 36.4 Å². The van der Waals surface area contributed by atoms with Crippen LogP contribution >= 0.6 is 0 Å². The van der Waals surface area contributed by atoms with Gasteiger partial charge in [-0.15, -0.1) is 5.11 Å². The van der Waals surface area contributed by atoms with Gasteiger partial charge in [-0.25, -0.2) is 0 Å². The van der Waals surface area contributed by atoms with Crippen LogP contribution in [0.2, 0.25) is 0 Å². The molecule has 0 heterocycles. The lowest BCUT2D eigenvalue weighted by Crippen LogP contribution is -2.12. The van der Waals surface area contributed by atoms with Gasteiger partial charge in [0.15, 0.2) is 0 Å². The molecular weight excluding hydrogens is 462 g/mol. The van der Waals surface area contributed by atoms with Crippen LogP contribution in [0.1, 0.15) is 22.3 Å². The highest BCUT2D eigenvalue weighted by Crippen LogP contribution is 2.41. The highest BCUT2D eigenvalue weighted by atomic mass is 19.4. The van der Waals surface area contributed by atoms with Gasteiger partial charge >= 0.3 is 24.7 Å². The van der Waals surface area contributed by atoms with Gasteiger partial charge in [0.05, 0.1) is 33.6 Å². The molecule has 0 aromatic heterocycles. The van der Waals surface area contributed by atoms with Gasteiger partial charge < -0.3 is 0 Å². The third-order valence-corrected chi connectivity index (χ3v) is 3.61. The Labute approximate surface area is 164 Å². The van der Waals surface area contributed by atoms with Crippen molar-refractivity contribution in [3.63, 3.8) is 0 Å². The third kappa shape index (κ3) is 6.01. The van der Waals surface area contributed by atoms with Crippen LogP contribution in [0.15, 0.2) is 46.7 Å². The molecule has 0 unspecified atom stereocenters. The van der Waals surface area contributed by atoms with Crippen molar-refractivity contribution in [1.82, 2.24) is 0 Å². The first-order valence-corrected chi connectivity index (χ1v) is 7.64. The van der Waals surface area contributed by atoms with Gasteiger partial charge in [-0.3, -0.25) is 5.43 Å². The van der Waals surface area contributed by atoms with Crippen LogP contribution in [0.3, 0.4) is 0 Å². The second-order valence-corrected chi connectivity index (χ2v) is 5.80. The number of anilines is 1. The molecule has 0 amide bonds. The molecular formula is C16H7F12N3. The van der Waals surface area contributed by atoms with E-state index in [4.69, 9.17) is 0 Å². The summed E-state index contributed by atoms with van der Waals surface area (Å²) >= 11 is 0. The molecule has 170 valence electrons. The Balaban J connectivity index is 2.42. The minimum Gasteiger partial charge on any atom is -0.259 e. The summed E-state index contributed by atoms with van der Waals surface area (Å²) in [5.41, 5.74) is -7.73. The Morgan fingerprint density at radius 1 is 0.548 bits per heavy atom. The van der Waals surface area contributed by atoms with Crippen molar-refractivity contribution in [3.05, 3.63) is 58.7 Å². The molecule has 1 N–H and O–H groups in total. The van der Waals surface area contributed by atoms with Gasteiger partial charge in [0.1, 0.15) is 0 Å². The van der Waals surface area contributed by atoms with E-state index in [-0.39, 0.29) is 30.3 Å². The molecule has 0 aliphatic carbocycles. The summed E-state index contributed by atoms with van der Waals surface area (Å²) in [4.78, 5) is 0. The molecule has 0 bridgehead atoms. The Morgan fingerprint density at radius 3 is 1.45 bits per heavy atom. The number of hydrogen-bond acceptors (Lipinski definition) is 2. The lowest BCUT2D eigenvalue weighted by atomic mass is 10.1. The maximum atomic E-state index is 13.0. The molecule has 2 rings (SSSR count). The Morgan fingerprint density at radius 2 is 1.00 bits per heavy atom. The van der Waals surface area contributed by atoms with Crippen LogP contribution in [0.25, 0.3) is 0 Å². The summed E-state index contributed by atoms with van der Waals surface area (Å²) in [6.45, 7) is 0. The standard InChI is InChI=1S/C16H7F12N3/c17-13(18,19)7-1-3-11(9(5-7)15(23,24)25)29-31-30-12-4-2-8(14(20,21)22)6-10(12)16(26,27)28/h1-6H,(H,29,30). The fraction of sp³-hybridized carbons (Fsp3) is 0.250. The number of rotatable bonds is 3. The quantitative estimate of drug-likeness (QED) is 0.277. The smallest absolute Gasteiger partial charge is 0.259 e. The first-order chi connectivity index (χ1) is 13.9. The second kappa shape index (κ2) is 7.92. The van der Waals surface area contributed by atoms with Gasteiger partial charge in [0, 0.05) is 0 Å². The number of halogens is 12. The molecule has 0 spiro atoms. The van der Waals surface area contributed by atoms with Crippen LogP contribution in [0.5, 0.6) is 0 Å². The summed E-state index contributed by atoms with van der Waals surface area (Å²) < 4.78 is 154. The summed E-state index contributed by atoms with van der Waals surface area (Å²) in [6.07, 6.45) is -20.8. The van der Waals surface area contributed by atoms with Crippen molar-refractivity contribution in [2.75, 3.05) is 5.43 Å². The molecule has 0 aliphatic heterocycles. The average Bonchev–Trinajstić information content (AvgIpc) is 2.58. The van der Waals surface area contributed by atoms with E-state index in [2.05, 4.69) is 10.3 Å². The third-order valence-electron chi connectivity index (χ3n) is 3.61. The Bertz CT molecular complexity index is 968. The van der Waals surface area contributed by atoms with Crippen LogP contribution in [0.4, 0.5) is 64.1 Å². The van der Waals surface area contributed by atoms with Crippen molar-refractivity contribution >= 4 is 11.4 Å². The van der Waals surface area contributed by atoms with Crippen LogP contribution in [-0.2, 0) is 24.7 Å². The van der Waals surface area contributed by atoms with Crippen molar-refractivity contribution < 1.29 is 52.7 Å². The van der Waals surface area contributed by atoms with Crippen LogP contribution in [0, 0.1) is 0 Å². The normalized spacial score (nSPS) is 13.7. The molecule has 0 atom stereocenters. The van der Waals surface area contributed by atoms with E-state index in [1.807, 2.05) is 0 Å². The monoisotopic (exact) mass is 469 g/mol. The molecule has 0 saturated carbocycles. The van der Waals surface area contributed by atoms with Gasteiger partial charge in [0.2, 0.25) is 0 Å². The summed E-state index contributed by atoms with van der Waals surface area (Å²) in [7, 11) is 0. The zero-order valence-corrected chi connectivity index (χ0v) is 14.4. The predicted octanol–water partition coefficient (Wildman–Crippen LogP) is 7.87. The van der Waals surface area contributed by atoms with E-state index in [9.17, 15) is 52.7 Å². The largest absolute Gasteiger partial charge is 0.418 e. The fourth-order valence-electron chi connectivity index (χ4n) is 2.21. The Hall–Kier alpha value is -3.00. The van der Waals surface area contributed by atoms with E-state index < -0.39 is 58.3 Å². The lowest BCUT2D eigenvalue weighted by Gasteiger charge is -2.15. The summed E-state index contributed by atoms with van der Waals surface area (Å²) in [5, 5.41) is 5.78. The second-order valence-electron chi connectivity index (χ2n) is 5.80. The molecule has 0 radical (unpaired) electrons. The molecule has 3 nitrogen and oxygen atoms in total. The zero-order valence-electron chi connectivity index (χ0n) is 14.4. The van der Waals surface area contributed by atoms with Gasteiger partial charge in [-0.2, -0.15) is 52.7 Å². The van der Waals surface area contributed by atoms with E-state index >= 15 is 0 Å². The van der Waals surface area contributed by atoms with Gasteiger partial charge in [-0.1, -0.05) is 5.22 Å². The first kappa shape index (κ1) is 24.3. The summed E-state index contributed by atoms with van der Waals surface area (Å²) in [5.74, 6) is 0. The number of hydrogen-bond donors (Lipinski definition) is 1. The lowest BCUT2D eigenvalue weighted by molar-refractivity contribution is -0.144. The topological polar surface area (TPSA) is 36.8 Å².